The molecular weight excluding hydrogens is 406 g/mol. The van der Waals surface area contributed by atoms with Crippen molar-refractivity contribution in [2.45, 2.75) is 25.8 Å². The van der Waals surface area contributed by atoms with Crippen molar-refractivity contribution >= 4 is 45.1 Å². The Kier molecular flexibility index (Phi) is 4.64. The van der Waals surface area contributed by atoms with Crippen LogP contribution in [0.5, 0.6) is 0 Å². The quantitative estimate of drug-likeness (QED) is 0.673. The molecule has 0 spiro atoms. The van der Waals surface area contributed by atoms with Crippen LogP contribution in [0, 0.1) is 0 Å². The number of amides is 1. The van der Waals surface area contributed by atoms with Crippen molar-refractivity contribution in [1.29, 1.82) is 0 Å². The van der Waals surface area contributed by atoms with Gasteiger partial charge in [-0.05, 0) is 43.7 Å². The van der Waals surface area contributed by atoms with Crippen molar-refractivity contribution in [3.05, 3.63) is 62.6 Å². The lowest BCUT2D eigenvalue weighted by Gasteiger charge is -2.21. The van der Waals surface area contributed by atoms with E-state index >= 15 is 0 Å². The van der Waals surface area contributed by atoms with Gasteiger partial charge in [-0.1, -0.05) is 39.7 Å². The minimum absolute atomic E-state index is 0.0312. The van der Waals surface area contributed by atoms with E-state index in [9.17, 15) is 9.59 Å². The minimum atomic E-state index is -0.669. The first-order chi connectivity index (χ1) is 11.8. The molecule has 4 nitrogen and oxygen atoms in total. The molecule has 0 aromatic heterocycles. The zero-order valence-corrected chi connectivity index (χ0v) is 16.4. The molecule has 1 heterocycles. The summed E-state index contributed by atoms with van der Waals surface area (Å²) in [7, 11) is 1.34. The van der Waals surface area contributed by atoms with Gasteiger partial charge in [0.25, 0.3) is 0 Å². The monoisotopic (exact) mass is 421 g/mol. The molecule has 3 rings (SSSR count). The average Bonchev–Trinajstić information content (AvgIpc) is 2.77. The van der Waals surface area contributed by atoms with Crippen molar-refractivity contribution < 1.29 is 14.3 Å². The van der Waals surface area contributed by atoms with Crippen LogP contribution in [0.15, 0.2) is 40.9 Å². The van der Waals surface area contributed by atoms with E-state index in [1.54, 1.807) is 23.1 Å². The van der Waals surface area contributed by atoms with Crippen LogP contribution in [-0.2, 0) is 21.5 Å². The summed E-state index contributed by atoms with van der Waals surface area (Å²) in [5, 5.41) is 0.581. The molecule has 0 aliphatic carbocycles. The molecule has 130 valence electrons. The van der Waals surface area contributed by atoms with Gasteiger partial charge in [-0.3, -0.25) is 4.79 Å². The normalized spacial score (nSPS) is 15.2. The number of fused-ring (bicyclic) bond motifs is 1. The van der Waals surface area contributed by atoms with E-state index in [1.165, 1.54) is 7.11 Å². The summed E-state index contributed by atoms with van der Waals surface area (Å²) in [6.45, 7) is 4.08. The fraction of sp³-hybridized carbons (Fsp3) is 0.263. The number of anilines is 1. The first-order valence-electron chi connectivity index (χ1n) is 7.75. The summed E-state index contributed by atoms with van der Waals surface area (Å²) >= 11 is 9.81. The number of hydrogen-bond acceptors (Lipinski definition) is 3. The van der Waals surface area contributed by atoms with Crippen molar-refractivity contribution in [3.8, 4) is 0 Å². The van der Waals surface area contributed by atoms with E-state index in [0.29, 0.717) is 22.8 Å². The maximum atomic E-state index is 13.0. The Balaban J connectivity index is 2.10. The van der Waals surface area contributed by atoms with Crippen molar-refractivity contribution in [3.63, 3.8) is 0 Å². The molecule has 2 aromatic carbocycles. The molecule has 0 unspecified atom stereocenters. The summed E-state index contributed by atoms with van der Waals surface area (Å²) in [5.74, 6) is -0.463. The van der Waals surface area contributed by atoms with Gasteiger partial charge in [0.05, 0.1) is 24.6 Å². The van der Waals surface area contributed by atoms with Gasteiger partial charge < -0.3 is 9.64 Å². The number of carbonyl (C=O) groups is 2. The standard InChI is InChI=1S/C19H17BrClNO3/c1-19(2)13-8-7-11(17(23)25-3)9-16(13)22(18(19)24)10-12-14(20)5-4-6-15(12)21/h4-9H,10H2,1-3H3. The van der Waals surface area contributed by atoms with Gasteiger partial charge in [-0.15, -0.1) is 0 Å². The number of benzene rings is 2. The van der Waals surface area contributed by atoms with Crippen LogP contribution < -0.4 is 4.90 Å². The molecule has 0 fully saturated rings. The minimum Gasteiger partial charge on any atom is -0.465 e. The SMILES string of the molecule is COC(=O)c1ccc2c(c1)N(Cc1c(Cl)cccc1Br)C(=O)C2(C)C. The first kappa shape index (κ1) is 18.0. The number of nitrogens with zero attached hydrogens (tertiary/aromatic N) is 1. The third-order valence-corrected chi connectivity index (χ3v) is 5.64. The zero-order chi connectivity index (χ0) is 18.4. The molecule has 0 N–H and O–H groups in total. The molecule has 2 aromatic rings. The van der Waals surface area contributed by atoms with Crippen LogP contribution >= 0.6 is 27.5 Å². The Morgan fingerprint density at radius 1 is 1.28 bits per heavy atom. The lowest BCUT2D eigenvalue weighted by atomic mass is 9.86. The third-order valence-electron chi connectivity index (χ3n) is 4.54. The maximum Gasteiger partial charge on any atom is 0.337 e. The Bertz CT molecular complexity index is 859. The van der Waals surface area contributed by atoms with Gasteiger partial charge >= 0.3 is 5.97 Å². The van der Waals surface area contributed by atoms with Gasteiger partial charge in [0.1, 0.15) is 0 Å². The van der Waals surface area contributed by atoms with E-state index in [-0.39, 0.29) is 5.91 Å². The van der Waals surface area contributed by atoms with Crippen LogP contribution in [-0.4, -0.2) is 19.0 Å². The predicted molar refractivity (Wildman–Crippen MR) is 101 cm³/mol. The van der Waals surface area contributed by atoms with Crippen LogP contribution in [0.25, 0.3) is 0 Å². The van der Waals surface area contributed by atoms with E-state index in [1.807, 2.05) is 32.0 Å². The highest BCUT2D eigenvalue weighted by Crippen LogP contribution is 2.43. The predicted octanol–water partition coefficient (Wildman–Crippen LogP) is 4.71. The van der Waals surface area contributed by atoms with E-state index in [2.05, 4.69) is 15.9 Å². The zero-order valence-electron chi connectivity index (χ0n) is 14.1. The molecule has 0 saturated carbocycles. The highest BCUT2D eigenvalue weighted by Gasteiger charge is 2.44. The highest BCUT2D eigenvalue weighted by atomic mass is 79.9. The Hall–Kier alpha value is -1.85. The Morgan fingerprint density at radius 3 is 2.64 bits per heavy atom. The molecular formula is C19H17BrClNO3. The largest absolute Gasteiger partial charge is 0.465 e. The number of carbonyl (C=O) groups excluding carboxylic acids is 2. The lowest BCUT2D eigenvalue weighted by molar-refractivity contribution is -0.122. The highest BCUT2D eigenvalue weighted by molar-refractivity contribution is 9.10. The van der Waals surface area contributed by atoms with E-state index in [4.69, 9.17) is 16.3 Å². The van der Waals surface area contributed by atoms with E-state index < -0.39 is 11.4 Å². The van der Waals surface area contributed by atoms with Gasteiger partial charge in [0.2, 0.25) is 5.91 Å². The van der Waals surface area contributed by atoms with Crippen molar-refractivity contribution in [1.82, 2.24) is 0 Å². The first-order valence-corrected chi connectivity index (χ1v) is 8.92. The molecule has 0 bridgehead atoms. The van der Waals surface area contributed by atoms with Gasteiger partial charge in [0, 0.05) is 20.7 Å². The van der Waals surface area contributed by atoms with Crippen LogP contribution in [0.4, 0.5) is 5.69 Å². The van der Waals surface area contributed by atoms with Crippen molar-refractivity contribution in [2.24, 2.45) is 0 Å². The molecule has 0 radical (unpaired) electrons. The lowest BCUT2D eigenvalue weighted by Crippen LogP contribution is -2.35. The number of esters is 1. The number of halogens is 2. The van der Waals surface area contributed by atoms with Crippen LogP contribution in [0.3, 0.4) is 0 Å². The third kappa shape index (κ3) is 2.96. The molecule has 0 saturated heterocycles. The fourth-order valence-electron chi connectivity index (χ4n) is 3.09. The van der Waals surface area contributed by atoms with Crippen LogP contribution in [0.2, 0.25) is 5.02 Å². The number of hydrogen-bond donors (Lipinski definition) is 0. The molecule has 6 heteroatoms. The summed E-state index contributed by atoms with van der Waals surface area (Å²) in [6, 6.07) is 10.7. The summed E-state index contributed by atoms with van der Waals surface area (Å²) in [6.07, 6.45) is 0. The summed E-state index contributed by atoms with van der Waals surface area (Å²) in [4.78, 5) is 26.6. The maximum absolute atomic E-state index is 13.0. The van der Waals surface area contributed by atoms with Gasteiger partial charge in [-0.25, -0.2) is 4.79 Å². The Labute approximate surface area is 159 Å². The average molecular weight is 423 g/mol. The number of methoxy groups -OCH3 is 1. The molecule has 1 amide bonds. The second kappa shape index (κ2) is 6.46. The van der Waals surface area contributed by atoms with Crippen molar-refractivity contribution in [2.75, 3.05) is 12.0 Å². The van der Waals surface area contributed by atoms with E-state index in [0.717, 1.165) is 15.6 Å². The van der Waals surface area contributed by atoms with Crippen LogP contribution in [0.1, 0.15) is 35.3 Å². The molecule has 0 atom stereocenters. The topological polar surface area (TPSA) is 46.6 Å². The second-order valence-electron chi connectivity index (χ2n) is 6.44. The molecule has 1 aliphatic rings. The fourth-order valence-corrected chi connectivity index (χ4v) is 3.93. The summed E-state index contributed by atoms with van der Waals surface area (Å²) in [5.41, 5.74) is 2.16. The van der Waals surface area contributed by atoms with Gasteiger partial charge in [-0.2, -0.15) is 0 Å². The Morgan fingerprint density at radius 2 is 2.00 bits per heavy atom. The second-order valence-corrected chi connectivity index (χ2v) is 7.70. The smallest absolute Gasteiger partial charge is 0.337 e. The molecule has 25 heavy (non-hydrogen) atoms. The molecule has 1 aliphatic heterocycles. The van der Waals surface area contributed by atoms with Gasteiger partial charge in [0.15, 0.2) is 0 Å². The summed E-state index contributed by atoms with van der Waals surface area (Å²) < 4.78 is 5.63. The number of ether oxygens (including phenoxy) is 1. The number of rotatable bonds is 3.